The summed E-state index contributed by atoms with van der Waals surface area (Å²) in [5.41, 5.74) is 2.20. The van der Waals surface area contributed by atoms with Crippen LogP contribution in [-0.2, 0) is 30.6 Å². The first-order valence-electron chi connectivity index (χ1n) is 14.7. The van der Waals surface area contributed by atoms with Gasteiger partial charge in [-0.3, -0.25) is 9.59 Å². The Kier molecular flexibility index (Phi) is 11.2. The average molecular weight is 606 g/mol. The predicted octanol–water partition coefficient (Wildman–Crippen LogP) is 7.43. The summed E-state index contributed by atoms with van der Waals surface area (Å²) in [6, 6.07) is 25.5. The Hall–Kier alpha value is -4.53. The standard InChI is InChI=1S/C35H38F3N3O3/c1-3-4-8-20-40(34(43)29-16-18-30(19-17-29)35(36,37)38)26-33(42)41(23-27-11-6-5-7-12-27)25-31-14-10-21-39(31)24-28-13-9-15-32(22-28)44-2/h5-7,9-19,21-22H,3-4,8,20,23-26H2,1-2H3. The summed E-state index contributed by atoms with van der Waals surface area (Å²) in [6.07, 6.45) is -0.0822. The van der Waals surface area contributed by atoms with Crippen LogP contribution in [0, 0.1) is 0 Å². The fourth-order valence-electron chi connectivity index (χ4n) is 5.00. The molecule has 2 amide bonds. The van der Waals surface area contributed by atoms with Crippen LogP contribution in [0.15, 0.2) is 97.2 Å². The minimum atomic E-state index is -4.50. The van der Waals surface area contributed by atoms with E-state index in [1.165, 1.54) is 17.0 Å². The number of aromatic nitrogens is 1. The zero-order valence-corrected chi connectivity index (χ0v) is 25.1. The van der Waals surface area contributed by atoms with Crippen LogP contribution in [0.2, 0.25) is 0 Å². The number of methoxy groups -OCH3 is 1. The average Bonchev–Trinajstić information content (AvgIpc) is 3.46. The summed E-state index contributed by atoms with van der Waals surface area (Å²) in [5.74, 6) is 0.0435. The molecule has 1 heterocycles. The van der Waals surface area contributed by atoms with Crippen LogP contribution in [0.25, 0.3) is 0 Å². The molecule has 0 fully saturated rings. The second kappa shape index (κ2) is 15.3. The van der Waals surface area contributed by atoms with Crippen LogP contribution in [0.4, 0.5) is 13.2 Å². The Balaban J connectivity index is 1.57. The summed E-state index contributed by atoms with van der Waals surface area (Å²) < 4.78 is 46.8. The number of carbonyl (C=O) groups is 2. The van der Waals surface area contributed by atoms with Gasteiger partial charge in [-0.05, 0) is 66.1 Å². The van der Waals surface area contributed by atoms with E-state index < -0.39 is 17.6 Å². The molecule has 0 spiro atoms. The number of nitrogens with zero attached hydrogens (tertiary/aromatic N) is 3. The number of benzene rings is 3. The van der Waals surface area contributed by atoms with Crippen LogP contribution in [0.1, 0.15) is 58.9 Å². The fraction of sp³-hybridized carbons (Fsp3) is 0.314. The summed E-state index contributed by atoms with van der Waals surface area (Å²) in [5, 5.41) is 0. The van der Waals surface area contributed by atoms with Gasteiger partial charge < -0.3 is 19.1 Å². The highest BCUT2D eigenvalue weighted by Gasteiger charge is 2.31. The maximum Gasteiger partial charge on any atom is 0.416 e. The number of rotatable bonds is 14. The molecule has 6 nitrogen and oxygen atoms in total. The number of ether oxygens (including phenoxy) is 1. The SMILES string of the molecule is CCCCCN(CC(=O)N(Cc1ccccc1)Cc1cccn1Cc1cccc(OC)c1)C(=O)c1ccc(C(F)(F)F)cc1. The third-order valence-corrected chi connectivity index (χ3v) is 7.44. The van der Waals surface area contributed by atoms with Crippen LogP contribution in [0.3, 0.4) is 0 Å². The van der Waals surface area contributed by atoms with Crippen LogP contribution in [-0.4, -0.2) is 46.4 Å². The second-order valence-corrected chi connectivity index (χ2v) is 10.7. The molecule has 0 saturated heterocycles. The molecule has 232 valence electrons. The largest absolute Gasteiger partial charge is 0.497 e. The van der Waals surface area contributed by atoms with E-state index in [9.17, 15) is 22.8 Å². The molecule has 0 N–H and O–H groups in total. The highest BCUT2D eigenvalue weighted by Crippen LogP contribution is 2.29. The van der Waals surface area contributed by atoms with Gasteiger partial charge in [0, 0.05) is 37.1 Å². The number of alkyl halides is 3. The molecular weight excluding hydrogens is 567 g/mol. The van der Waals surface area contributed by atoms with Gasteiger partial charge in [0.25, 0.3) is 5.91 Å². The van der Waals surface area contributed by atoms with Crippen LogP contribution in [0.5, 0.6) is 5.75 Å². The first-order valence-corrected chi connectivity index (χ1v) is 14.7. The Morgan fingerprint density at radius 1 is 0.818 bits per heavy atom. The first kappa shape index (κ1) is 32.4. The van der Waals surface area contributed by atoms with Crippen molar-refractivity contribution in [2.24, 2.45) is 0 Å². The lowest BCUT2D eigenvalue weighted by Gasteiger charge is -2.28. The van der Waals surface area contributed by atoms with Crippen LogP contribution >= 0.6 is 0 Å². The Labute approximate surface area is 256 Å². The summed E-state index contributed by atoms with van der Waals surface area (Å²) in [4.78, 5) is 30.6. The minimum absolute atomic E-state index is 0.115. The van der Waals surface area contributed by atoms with Crippen LogP contribution < -0.4 is 4.74 Å². The summed E-state index contributed by atoms with van der Waals surface area (Å²) >= 11 is 0. The quantitative estimate of drug-likeness (QED) is 0.141. The van der Waals surface area contributed by atoms with Gasteiger partial charge in [-0.2, -0.15) is 13.2 Å². The molecule has 0 aliphatic heterocycles. The molecule has 0 atom stereocenters. The highest BCUT2D eigenvalue weighted by molar-refractivity contribution is 5.96. The lowest BCUT2D eigenvalue weighted by molar-refractivity contribution is -0.137. The number of halogens is 3. The van der Waals surface area contributed by atoms with Gasteiger partial charge in [0.05, 0.1) is 19.2 Å². The molecule has 9 heteroatoms. The Morgan fingerprint density at radius 2 is 1.55 bits per heavy atom. The Morgan fingerprint density at radius 3 is 2.23 bits per heavy atom. The van der Waals surface area contributed by atoms with Gasteiger partial charge in [0.1, 0.15) is 12.3 Å². The number of amides is 2. The third kappa shape index (κ3) is 8.99. The first-order chi connectivity index (χ1) is 21.2. The van der Waals surface area contributed by atoms with Crippen molar-refractivity contribution in [1.82, 2.24) is 14.4 Å². The molecule has 0 aliphatic carbocycles. The lowest BCUT2D eigenvalue weighted by Crippen LogP contribution is -2.43. The molecule has 0 unspecified atom stereocenters. The predicted molar refractivity (Wildman–Crippen MR) is 164 cm³/mol. The van der Waals surface area contributed by atoms with Gasteiger partial charge in [0.15, 0.2) is 0 Å². The monoisotopic (exact) mass is 605 g/mol. The molecular formula is C35H38F3N3O3. The van der Waals surface area contributed by atoms with Crippen molar-refractivity contribution in [3.8, 4) is 5.75 Å². The minimum Gasteiger partial charge on any atom is -0.497 e. The molecule has 4 aromatic rings. The number of hydrogen-bond donors (Lipinski definition) is 0. The molecule has 1 aromatic heterocycles. The maximum absolute atomic E-state index is 13.9. The Bertz CT molecular complexity index is 1500. The van der Waals surface area contributed by atoms with Crippen molar-refractivity contribution in [3.63, 3.8) is 0 Å². The van der Waals surface area contributed by atoms with Gasteiger partial charge in [0.2, 0.25) is 5.91 Å². The van der Waals surface area contributed by atoms with E-state index in [0.29, 0.717) is 32.6 Å². The number of carbonyl (C=O) groups excluding carboxylic acids is 2. The van der Waals surface area contributed by atoms with E-state index in [-0.39, 0.29) is 18.0 Å². The fourth-order valence-corrected chi connectivity index (χ4v) is 5.00. The lowest BCUT2D eigenvalue weighted by atomic mass is 10.1. The molecule has 0 bridgehead atoms. The van der Waals surface area contributed by atoms with Gasteiger partial charge in [-0.25, -0.2) is 0 Å². The second-order valence-electron chi connectivity index (χ2n) is 10.7. The van der Waals surface area contributed by atoms with Gasteiger partial charge >= 0.3 is 6.18 Å². The van der Waals surface area contributed by atoms with E-state index in [0.717, 1.165) is 47.5 Å². The van der Waals surface area contributed by atoms with E-state index in [2.05, 4.69) is 4.57 Å². The van der Waals surface area contributed by atoms with E-state index >= 15 is 0 Å². The van der Waals surface area contributed by atoms with Crippen molar-refractivity contribution in [1.29, 1.82) is 0 Å². The normalized spacial score (nSPS) is 11.3. The van der Waals surface area contributed by atoms with E-state index in [1.54, 1.807) is 12.0 Å². The summed E-state index contributed by atoms with van der Waals surface area (Å²) in [6.45, 7) is 3.40. The van der Waals surface area contributed by atoms with E-state index in [4.69, 9.17) is 4.74 Å². The van der Waals surface area contributed by atoms with Gasteiger partial charge in [-0.15, -0.1) is 0 Å². The van der Waals surface area contributed by atoms with Crippen molar-refractivity contribution in [3.05, 3.63) is 125 Å². The van der Waals surface area contributed by atoms with Crippen molar-refractivity contribution in [2.45, 2.75) is 52.0 Å². The van der Waals surface area contributed by atoms with Crippen molar-refractivity contribution < 1.29 is 27.5 Å². The molecule has 3 aromatic carbocycles. The smallest absolute Gasteiger partial charge is 0.416 e. The number of hydrogen-bond acceptors (Lipinski definition) is 3. The third-order valence-electron chi connectivity index (χ3n) is 7.44. The number of unbranched alkanes of at least 4 members (excludes halogenated alkanes) is 2. The maximum atomic E-state index is 13.9. The molecule has 4 rings (SSSR count). The van der Waals surface area contributed by atoms with E-state index in [1.807, 2.05) is 79.9 Å². The zero-order valence-electron chi connectivity index (χ0n) is 25.1. The molecule has 44 heavy (non-hydrogen) atoms. The van der Waals surface area contributed by atoms with Crippen molar-refractivity contribution >= 4 is 11.8 Å². The molecule has 0 radical (unpaired) electrons. The highest BCUT2D eigenvalue weighted by atomic mass is 19.4. The van der Waals surface area contributed by atoms with Gasteiger partial charge in [-0.1, -0.05) is 62.2 Å². The molecule has 0 aliphatic rings. The summed E-state index contributed by atoms with van der Waals surface area (Å²) in [7, 11) is 1.63. The zero-order chi connectivity index (χ0) is 31.5. The van der Waals surface area contributed by atoms with Crippen molar-refractivity contribution in [2.75, 3.05) is 20.2 Å². The topological polar surface area (TPSA) is 54.8 Å². The molecule has 0 saturated carbocycles.